The highest BCUT2D eigenvalue weighted by Crippen LogP contribution is 2.13. The molecule has 0 radical (unpaired) electrons. The van der Waals surface area contributed by atoms with Crippen molar-refractivity contribution < 1.29 is 4.74 Å². The van der Waals surface area contributed by atoms with Gasteiger partial charge in [-0.1, -0.05) is 19.1 Å². The van der Waals surface area contributed by atoms with Crippen molar-refractivity contribution in [1.29, 1.82) is 0 Å². The second-order valence-electron chi connectivity index (χ2n) is 4.18. The van der Waals surface area contributed by atoms with Gasteiger partial charge in [-0.15, -0.1) is 0 Å². The maximum Gasteiger partial charge on any atom is 0.119 e. The van der Waals surface area contributed by atoms with Crippen LogP contribution < -0.4 is 10.1 Å². The summed E-state index contributed by atoms with van der Waals surface area (Å²) < 4.78 is 5.60. The zero-order valence-electron chi connectivity index (χ0n) is 10.6. The first-order chi connectivity index (χ1) is 8.88. The molecule has 0 amide bonds. The molecule has 0 bridgehead atoms. The Hall–Kier alpha value is -1.81. The average molecular weight is 245 g/mol. The summed E-state index contributed by atoms with van der Waals surface area (Å²) in [5.74, 6) is 0.942. The third-order valence-corrected chi connectivity index (χ3v) is 2.57. The number of aromatic nitrogens is 2. The predicted octanol–water partition coefficient (Wildman–Crippen LogP) is 2.49. The molecule has 2 N–H and O–H groups in total. The van der Waals surface area contributed by atoms with Crippen LogP contribution in [-0.4, -0.2) is 16.6 Å². The fraction of sp³-hybridized carbons (Fsp3) is 0.357. The lowest BCUT2D eigenvalue weighted by atomic mass is 10.2. The van der Waals surface area contributed by atoms with E-state index in [0.29, 0.717) is 0 Å². The van der Waals surface area contributed by atoms with Crippen molar-refractivity contribution in [2.24, 2.45) is 0 Å². The first-order valence-corrected chi connectivity index (χ1v) is 6.28. The number of benzene rings is 1. The van der Waals surface area contributed by atoms with Gasteiger partial charge in [0.25, 0.3) is 0 Å². The maximum absolute atomic E-state index is 5.60. The van der Waals surface area contributed by atoms with Crippen molar-refractivity contribution in [1.82, 2.24) is 15.3 Å². The molecule has 96 valence electrons. The third kappa shape index (κ3) is 3.89. The van der Waals surface area contributed by atoms with Crippen LogP contribution >= 0.6 is 0 Å². The summed E-state index contributed by atoms with van der Waals surface area (Å²) in [6.07, 6.45) is 4.55. The van der Waals surface area contributed by atoms with E-state index >= 15 is 0 Å². The van der Waals surface area contributed by atoms with E-state index in [1.165, 1.54) is 5.56 Å². The number of nitrogens with zero attached hydrogens (tertiary/aromatic N) is 1. The second kappa shape index (κ2) is 6.81. The molecule has 0 spiro atoms. The minimum atomic E-state index is 0.769. The highest BCUT2D eigenvalue weighted by atomic mass is 16.5. The van der Waals surface area contributed by atoms with Crippen LogP contribution in [0.4, 0.5) is 0 Å². The van der Waals surface area contributed by atoms with Gasteiger partial charge in [0.15, 0.2) is 0 Å². The molecule has 0 unspecified atom stereocenters. The summed E-state index contributed by atoms with van der Waals surface area (Å²) in [6.45, 7) is 4.49. The van der Waals surface area contributed by atoms with Gasteiger partial charge >= 0.3 is 0 Å². The van der Waals surface area contributed by atoms with Crippen LogP contribution in [0.3, 0.4) is 0 Å². The van der Waals surface area contributed by atoms with E-state index in [1.54, 1.807) is 6.33 Å². The van der Waals surface area contributed by atoms with Crippen molar-refractivity contribution in [3.63, 3.8) is 0 Å². The Morgan fingerprint density at radius 1 is 1.33 bits per heavy atom. The minimum Gasteiger partial charge on any atom is -0.494 e. The van der Waals surface area contributed by atoms with E-state index in [9.17, 15) is 0 Å². The van der Waals surface area contributed by atoms with Gasteiger partial charge in [-0.25, -0.2) is 4.98 Å². The molecule has 0 aliphatic carbocycles. The fourth-order valence-electron chi connectivity index (χ4n) is 1.69. The first-order valence-electron chi connectivity index (χ1n) is 6.28. The van der Waals surface area contributed by atoms with Gasteiger partial charge in [-0.2, -0.15) is 0 Å². The molecule has 0 fully saturated rings. The summed E-state index contributed by atoms with van der Waals surface area (Å²) in [7, 11) is 0. The molecule has 2 aromatic rings. The molecule has 4 nitrogen and oxygen atoms in total. The van der Waals surface area contributed by atoms with Gasteiger partial charge in [0.1, 0.15) is 5.75 Å². The van der Waals surface area contributed by atoms with Crippen molar-refractivity contribution in [2.75, 3.05) is 6.61 Å². The Morgan fingerprint density at radius 2 is 2.28 bits per heavy atom. The van der Waals surface area contributed by atoms with E-state index < -0.39 is 0 Å². The van der Waals surface area contributed by atoms with Gasteiger partial charge in [-0.05, 0) is 24.1 Å². The van der Waals surface area contributed by atoms with Gasteiger partial charge in [-0.3, -0.25) is 0 Å². The van der Waals surface area contributed by atoms with Crippen LogP contribution in [0.5, 0.6) is 5.75 Å². The predicted molar refractivity (Wildman–Crippen MR) is 71.4 cm³/mol. The van der Waals surface area contributed by atoms with E-state index in [-0.39, 0.29) is 0 Å². The zero-order chi connectivity index (χ0) is 12.6. The lowest BCUT2D eigenvalue weighted by Crippen LogP contribution is -2.12. The Bertz CT molecular complexity index is 454. The Balaban J connectivity index is 1.81. The number of nitrogens with one attached hydrogen (secondary N) is 2. The standard InChI is InChI=1S/C14H19N3O/c1-2-6-18-14-5-3-4-12(7-14)8-15-9-13-10-16-11-17-13/h3-5,7,10-11,15H,2,6,8-9H2,1H3,(H,16,17). The highest BCUT2D eigenvalue weighted by molar-refractivity contribution is 5.28. The molecule has 4 heteroatoms. The zero-order valence-corrected chi connectivity index (χ0v) is 10.6. The van der Waals surface area contributed by atoms with E-state index in [4.69, 9.17) is 4.74 Å². The Kier molecular flexibility index (Phi) is 4.78. The Labute approximate surface area is 107 Å². The van der Waals surface area contributed by atoms with E-state index in [1.807, 2.05) is 18.3 Å². The smallest absolute Gasteiger partial charge is 0.119 e. The van der Waals surface area contributed by atoms with Crippen LogP contribution in [0.1, 0.15) is 24.6 Å². The molecule has 1 aromatic heterocycles. The first kappa shape index (κ1) is 12.6. The molecule has 0 atom stereocenters. The average Bonchev–Trinajstić information content (AvgIpc) is 2.90. The third-order valence-electron chi connectivity index (χ3n) is 2.57. The SMILES string of the molecule is CCCOc1cccc(CNCc2cnc[nH]2)c1. The Morgan fingerprint density at radius 3 is 3.06 bits per heavy atom. The lowest BCUT2D eigenvalue weighted by Gasteiger charge is -2.07. The van der Waals surface area contributed by atoms with Crippen molar-refractivity contribution in [3.8, 4) is 5.75 Å². The number of ether oxygens (including phenoxy) is 1. The number of hydrogen-bond acceptors (Lipinski definition) is 3. The van der Waals surface area contributed by atoms with Gasteiger partial charge < -0.3 is 15.0 Å². The molecule has 1 aromatic carbocycles. The maximum atomic E-state index is 5.60. The van der Waals surface area contributed by atoms with Crippen molar-refractivity contribution in [3.05, 3.63) is 48.0 Å². The largest absolute Gasteiger partial charge is 0.494 e. The lowest BCUT2D eigenvalue weighted by molar-refractivity contribution is 0.317. The summed E-state index contributed by atoms with van der Waals surface area (Å²) >= 11 is 0. The normalized spacial score (nSPS) is 10.5. The summed E-state index contributed by atoms with van der Waals surface area (Å²) in [6, 6.07) is 8.20. The number of H-pyrrole nitrogens is 1. The molecule has 0 saturated heterocycles. The molecule has 2 rings (SSSR count). The molecule has 1 heterocycles. The van der Waals surface area contributed by atoms with Crippen LogP contribution in [0.25, 0.3) is 0 Å². The fourth-order valence-corrected chi connectivity index (χ4v) is 1.69. The summed E-state index contributed by atoms with van der Waals surface area (Å²) in [4.78, 5) is 7.04. The summed E-state index contributed by atoms with van der Waals surface area (Å²) in [5, 5.41) is 3.36. The van der Waals surface area contributed by atoms with Gasteiger partial charge in [0.2, 0.25) is 0 Å². The van der Waals surface area contributed by atoms with E-state index in [2.05, 4.69) is 34.3 Å². The number of rotatable bonds is 7. The number of aromatic amines is 1. The second-order valence-corrected chi connectivity index (χ2v) is 4.18. The van der Waals surface area contributed by atoms with Crippen LogP contribution in [-0.2, 0) is 13.1 Å². The highest BCUT2D eigenvalue weighted by Gasteiger charge is 1.98. The molecule has 0 aliphatic heterocycles. The quantitative estimate of drug-likeness (QED) is 0.788. The van der Waals surface area contributed by atoms with E-state index in [0.717, 1.165) is 37.6 Å². The molecular weight excluding hydrogens is 226 g/mol. The molecule has 0 aliphatic rings. The van der Waals surface area contributed by atoms with Crippen LogP contribution in [0.2, 0.25) is 0 Å². The monoisotopic (exact) mass is 245 g/mol. The van der Waals surface area contributed by atoms with Crippen molar-refractivity contribution in [2.45, 2.75) is 26.4 Å². The van der Waals surface area contributed by atoms with Gasteiger partial charge in [0, 0.05) is 25.0 Å². The van der Waals surface area contributed by atoms with Gasteiger partial charge in [0.05, 0.1) is 12.9 Å². The topological polar surface area (TPSA) is 49.9 Å². The molecule has 18 heavy (non-hydrogen) atoms. The number of imidazole rings is 1. The summed E-state index contributed by atoms with van der Waals surface area (Å²) in [5.41, 5.74) is 2.32. The van der Waals surface area contributed by atoms with Crippen molar-refractivity contribution >= 4 is 0 Å². The van der Waals surface area contributed by atoms with Crippen LogP contribution in [0.15, 0.2) is 36.8 Å². The van der Waals surface area contributed by atoms with Crippen LogP contribution in [0, 0.1) is 0 Å². The minimum absolute atomic E-state index is 0.769. The number of hydrogen-bond donors (Lipinski definition) is 2. The molecule has 0 saturated carbocycles. The molecular formula is C14H19N3O.